The van der Waals surface area contributed by atoms with Crippen LogP contribution in [0, 0.1) is 10.8 Å². The van der Waals surface area contributed by atoms with Crippen molar-refractivity contribution in [1.82, 2.24) is 10.2 Å². The van der Waals surface area contributed by atoms with Crippen LogP contribution in [0.4, 0.5) is 0 Å². The molecule has 0 aromatic rings. The second-order valence-electron chi connectivity index (χ2n) is 8.01. The van der Waals surface area contributed by atoms with Crippen molar-refractivity contribution in [2.45, 2.75) is 71.3 Å². The molecular weight excluding hydrogens is 248 g/mol. The molecule has 1 unspecified atom stereocenters. The zero-order valence-corrected chi connectivity index (χ0v) is 13.2. The predicted molar refractivity (Wildman–Crippen MR) is 81.5 cm³/mol. The summed E-state index contributed by atoms with van der Waals surface area (Å²) in [7, 11) is 0. The predicted octanol–water partition coefficient (Wildman–Crippen LogP) is 2.95. The molecule has 3 fully saturated rings. The molecule has 2 saturated heterocycles. The summed E-state index contributed by atoms with van der Waals surface area (Å²) in [6, 6.07) is 0.0360. The van der Waals surface area contributed by atoms with Gasteiger partial charge in [0, 0.05) is 13.1 Å². The van der Waals surface area contributed by atoms with Crippen molar-refractivity contribution in [2.75, 3.05) is 19.6 Å². The van der Waals surface area contributed by atoms with Crippen LogP contribution in [0.1, 0.15) is 65.2 Å². The lowest BCUT2D eigenvalue weighted by Gasteiger charge is -2.44. The largest absolute Gasteiger partial charge is 0.341 e. The molecule has 0 bridgehead atoms. The Bertz CT molecular complexity index is 361. The summed E-state index contributed by atoms with van der Waals surface area (Å²) >= 11 is 0. The van der Waals surface area contributed by atoms with Gasteiger partial charge < -0.3 is 10.2 Å². The van der Waals surface area contributed by atoms with Crippen molar-refractivity contribution in [2.24, 2.45) is 10.8 Å². The number of nitrogens with one attached hydrogen (secondary N) is 1. The van der Waals surface area contributed by atoms with Crippen molar-refractivity contribution in [3.8, 4) is 0 Å². The topological polar surface area (TPSA) is 32.3 Å². The third kappa shape index (κ3) is 2.61. The number of carbonyl (C=O) groups is 1. The number of hydrogen-bond donors (Lipinski definition) is 1. The second kappa shape index (κ2) is 5.32. The van der Waals surface area contributed by atoms with Crippen LogP contribution >= 0.6 is 0 Å². The van der Waals surface area contributed by atoms with Gasteiger partial charge in [0.25, 0.3) is 0 Å². The van der Waals surface area contributed by atoms with E-state index in [-0.39, 0.29) is 11.5 Å². The van der Waals surface area contributed by atoms with Crippen molar-refractivity contribution < 1.29 is 4.79 Å². The van der Waals surface area contributed by atoms with Crippen LogP contribution in [0.3, 0.4) is 0 Å². The molecule has 2 heterocycles. The summed E-state index contributed by atoms with van der Waals surface area (Å²) in [4.78, 5) is 15.0. The fraction of sp³-hybridized carbons (Fsp3) is 0.941. The lowest BCUT2D eigenvalue weighted by molar-refractivity contribution is -0.139. The van der Waals surface area contributed by atoms with Gasteiger partial charge in [0.15, 0.2) is 0 Å². The first-order chi connectivity index (χ1) is 9.53. The number of nitrogens with zero attached hydrogens (tertiary/aromatic N) is 1. The molecule has 1 amide bonds. The van der Waals surface area contributed by atoms with E-state index in [1.54, 1.807) is 0 Å². The molecule has 0 aromatic carbocycles. The van der Waals surface area contributed by atoms with E-state index in [4.69, 9.17) is 0 Å². The molecule has 1 spiro atoms. The van der Waals surface area contributed by atoms with Gasteiger partial charge >= 0.3 is 0 Å². The Balaban J connectivity index is 1.61. The van der Waals surface area contributed by atoms with Crippen LogP contribution in [-0.2, 0) is 4.79 Å². The van der Waals surface area contributed by atoms with E-state index < -0.39 is 0 Å². The summed E-state index contributed by atoms with van der Waals surface area (Å²) in [5, 5.41) is 3.48. The van der Waals surface area contributed by atoms with E-state index in [2.05, 4.69) is 24.1 Å². The molecule has 3 aliphatic rings. The Morgan fingerprint density at radius 3 is 2.25 bits per heavy atom. The van der Waals surface area contributed by atoms with E-state index in [0.717, 1.165) is 26.1 Å². The molecule has 3 heteroatoms. The summed E-state index contributed by atoms with van der Waals surface area (Å²) in [6.07, 6.45) is 10.5. The van der Waals surface area contributed by atoms with Crippen LogP contribution in [0.5, 0.6) is 0 Å². The highest BCUT2D eigenvalue weighted by atomic mass is 16.2. The second-order valence-corrected chi connectivity index (χ2v) is 8.01. The highest BCUT2D eigenvalue weighted by Gasteiger charge is 2.42. The molecule has 3 nitrogen and oxygen atoms in total. The van der Waals surface area contributed by atoms with E-state index >= 15 is 0 Å². The highest BCUT2D eigenvalue weighted by molar-refractivity contribution is 5.83. The monoisotopic (exact) mass is 278 g/mol. The highest BCUT2D eigenvalue weighted by Crippen LogP contribution is 2.46. The van der Waals surface area contributed by atoms with Crippen molar-refractivity contribution >= 4 is 5.91 Å². The molecule has 1 saturated carbocycles. The molecule has 1 atom stereocenters. The fourth-order valence-electron chi connectivity index (χ4n) is 4.64. The third-order valence-corrected chi connectivity index (χ3v) is 6.17. The summed E-state index contributed by atoms with van der Waals surface area (Å²) in [6.45, 7) is 7.46. The number of piperidine rings is 2. The molecule has 0 radical (unpaired) electrons. The molecule has 1 aliphatic carbocycles. The average molecular weight is 278 g/mol. The average Bonchev–Trinajstić information content (AvgIpc) is 2.87. The molecule has 114 valence electrons. The minimum absolute atomic E-state index is 0.0360. The van der Waals surface area contributed by atoms with Crippen molar-refractivity contribution in [3.05, 3.63) is 0 Å². The maximum Gasteiger partial charge on any atom is 0.240 e. The number of hydrogen-bond acceptors (Lipinski definition) is 2. The standard InChI is InChI=1S/C17H30N2O/c1-16(2)6-5-11-18-14(16)15(20)19-12-9-17(10-13-19)7-3-4-8-17/h14,18H,3-13H2,1-2H3. The maximum absolute atomic E-state index is 12.8. The molecular formula is C17H30N2O. The SMILES string of the molecule is CC1(C)CCCNC1C(=O)N1CCC2(CCCC2)CC1. The Morgan fingerprint density at radius 2 is 1.65 bits per heavy atom. The maximum atomic E-state index is 12.8. The zero-order chi connectivity index (χ0) is 14.2. The van der Waals surface area contributed by atoms with Crippen LogP contribution in [0.15, 0.2) is 0 Å². The lowest BCUT2D eigenvalue weighted by atomic mass is 9.75. The van der Waals surface area contributed by atoms with Crippen LogP contribution < -0.4 is 5.32 Å². The smallest absolute Gasteiger partial charge is 0.240 e. The lowest BCUT2D eigenvalue weighted by Crippen LogP contribution is -2.58. The van der Waals surface area contributed by atoms with Gasteiger partial charge in [-0.2, -0.15) is 0 Å². The van der Waals surface area contributed by atoms with E-state index in [9.17, 15) is 4.79 Å². The van der Waals surface area contributed by atoms with Crippen LogP contribution in [0.25, 0.3) is 0 Å². The van der Waals surface area contributed by atoms with E-state index in [1.165, 1.54) is 44.9 Å². The summed E-state index contributed by atoms with van der Waals surface area (Å²) in [5.74, 6) is 0.363. The summed E-state index contributed by atoms with van der Waals surface area (Å²) in [5.41, 5.74) is 0.712. The number of rotatable bonds is 1. The van der Waals surface area contributed by atoms with Gasteiger partial charge in [-0.3, -0.25) is 4.79 Å². The third-order valence-electron chi connectivity index (χ3n) is 6.17. The molecule has 0 aromatic heterocycles. The first-order valence-corrected chi connectivity index (χ1v) is 8.55. The van der Waals surface area contributed by atoms with Gasteiger partial charge in [0.05, 0.1) is 6.04 Å². The first-order valence-electron chi connectivity index (χ1n) is 8.55. The zero-order valence-electron chi connectivity index (χ0n) is 13.2. The normalized spacial score (nSPS) is 32.5. The minimum Gasteiger partial charge on any atom is -0.341 e. The first kappa shape index (κ1) is 14.4. The van der Waals surface area contributed by atoms with Gasteiger partial charge in [-0.25, -0.2) is 0 Å². The van der Waals surface area contributed by atoms with Gasteiger partial charge in [-0.05, 0) is 55.9 Å². The van der Waals surface area contributed by atoms with Gasteiger partial charge in [-0.1, -0.05) is 26.7 Å². The molecule has 2 aliphatic heterocycles. The molecule has 20 heavy (non-hydrogen) atoms. The van der Waals surface area contributed by atoms with Crippen LogP contribution in [-0.4, -0.2) is 36.5 Å². The molecule has 1 N–H and O–H groups in total. The Morgan fingerprint density at radius 1 is 1.00 bits per heavy atom. The minimum atomic E-state index is 0.0360. The Hall–Kier alpha value is -0.570. The summed E-state index contributed by atoms with van der Waals surface area (Å²) < 4.78 is 0. The quantitative estimate of drug-likeness (QED) is 0.800. The van der Waals surface area contributed by atoms with E-state index in [1.807, 2.05) is 0 Å². The van der Waals surface area contributed by atoms with Gasteiger partial charge in [-0.15, -0.1) is 0 Å². The number of carbonyl (C=O) groups excluding carboxylic acids is 1. The van der Waals surface area contributed by atoms with Gasteiger partial charge in [0.1, 0.15) is 0 Å². The Labute approximate surface area is 123 Å². The van der Waals surface area contributed by atoms with Crippen LogP contribution in [0.2, 0.25) is 0 Å². The van der Waals surface area contributed by atoms with E-state index in [0.29, 0.717) is 11.3 Å². The molecule has 3 rings (SSSR count). The fourth-order valence-corrected chi connectivity index (χ4v) is 4.64. The Kier molecular flexibility index (Phi) is 3.83. The van der Waals surface area contributed by atoms with Crippen molar-refractivity contribution in [1.29, 1.82) is 0 Å². The number of amides is 1. The number of likely N-dealkylation sites (tertiary alicyclic amines) is 1. The van der Waals surface area contributed by atoms with Crippen molar-refractivity contribution in [3.63, 3.8) is 0 Å². The van der Waals surface area contributed by atoms with Gasteiger partial charge in [0.2, 0.25) is 5.91 Å².